The number of nitrogens with zero attached hydrogens (tertiary/aromatic N) is 2. The number of morpholine rings is 1. The van der Waals surface area contributed by atoms with Crippen LogP contribution in [0.5, 0.6) is 0 Å². The maximum absolute atomic E-state index is 12.0. The number of anilines is 1. The fraction of sp³-hybridized carbons (Fsp3) is 0.462. The smallest absolute Gasteiger partial charge is 0.293 e. The molecule has 0 aromatic heterocycles. The van der Waals surface area contributed by atoms with Crippen molar-refractivity contribution >= 4 is 33.2 Å². The van der Waals surface area contributed by atoms with Gasteiger partial charge in [0.15, 0.2) is 0 Å². The van der Waals surface area contributed by atoms with E-state index in [0.29, 0.717) is 49.4 Å². The first-order chi connectivity index (χ1) is 10.1. The van der Waals surface area contributed by atoms with Gasteiger partial charge < -0.3 is 15.0 Å². The minimum atomic E-state index is -0.448. The summed E-state index contributed by atoms with van der Waals surface area (Å²) < 4.78 is 5.83. The molecule has 8 heteroatoms. The highest BCUT2D eigenvalue weighted by atomic mass is 79.9. The normalized spacial score (nSPS) is 14.8. The average Bonchev–Trinajstić information content (AvgIpc) is 2.49. The number of hydrogen-bond donors (Lipinski definition) is 1. The van der Waals surface area contributed by atoms with Gasteiger partial charge >= 0.3 is 0 Å². The van der Waals surface area contributed by atoms with Crippen LogP contribution in [0.4, 0.5) is 11.4 Å². The van der Waals surface area contributed by atoms with Crippen LogP contribution in [0.1, 0.15) is 6.42 Å². The SMILES string of the molecule is O=C(CCNc1ccc(Br)cc1[N+](=O)[O-])N1CCOCC1. The maximum Gasteiger partial charge on any atom is 0.293 e. The lowest BCUT2D eigenvalue weighted by molar-refractivity contribution is -0.384. The van der Waals surface area contributed by atoms with Crippen LogP contribution in [-0.4, -0.2) is 48.6 Å². The molecule has 1 N–H and O–H groups in total. The van der Waals surface area contributed by atoms with E-state index in [1.807, 2.05) is 0 Å². The lowest BCUT2D eigenvalue weighted by atomic mass is 10.2. The summed E-state index contributed by atoms with van der Waals surface area (Å²) in [5.41, 5.74) is 0.404. The van der Waals surface area contributed by atoms with Gasteiger partial charge in [0.2, 0.25) is 5.91 Å². The number of rotatable bonds is 5. The van der Waals surface area contributed by atoms with Crippen molar-refractivity contribution in [2.75, 3.05) is 38.2 Å². The summed E-state index contributed by atoms with van der Waals surface area (Å²) >= 11 is 3.20. The zero-order chi connectivity index (χ0) is 15.2. The summed E-state index contributed by atoms with van der Waals surface area (Å²) in [6.07, 6.45) is 0.299. The Morgan fingerprint density at radius 3 is 2.81 bits per heavy atom. The van der Waals surface area contributed by atoms with Crippen molar-refractivity contribution in [1.82, 2.24) is 4.90 Å². The molecule has 7 nitrogen and oxygen atoms in total. The number of nitro benzene ring substituents is 1. The van der Waals surface area contributed by atoms with Gasteiger partial charge in [-0.25, -0.2) is 0 Å². The lowest BCUT2D eigenvalue weighted by Crippen LogP contribution is -2.41. The number of carbonyl (C=O) groups is 1. The quantitative estimate of drug-likeness (QED) is 0.643. The Balaban J connectivity index is 1.88. The molecule has 1 aromatic carbocycles. The highest BCUT2D eigenvalue weighted by Crippen LogP contribution is 2.27. The van der Waals surface area contributed by atoms with Crippen molar-refractivity contribution in [3.8, 4) is 0 Å². The van der Waals surface area contributed by atoms with Crippen LogP contribution in [0.15, 0.2) is 22.7 Å². The second kappa shape index (κ2) is 7.37. The number of halogens is 1. The number of nitro groups is 1. The number of hydrogen-bond acceptors (Lipinski definition) is 5. The van der Waals surface area contributed by atoms with E-state index >= 15 is 0 Å². The molecular formula is C13H16BrN3O4. The molecule has 1 aromatic rings. The number of carbonyl (C=O) groups excluding carboxylic acids is 1. The van der Waals surface area contributed by atoms with Crippen molar-refractivity contribution in [3.63, 3.8) is 0 Å². The highest BCUT2D eigenvalue weighted by molar-refractivity contribution is 9.10. The van der Waals surface area contributed by atoms with Crippen molar-refractivity contribution in [1.29, 1.82) is 0 Å². The molecule has 0 spiro atoms. The van der Waals surface area contributed by atoms with Gasteiger partial charge in [0.1, 0.15) is 5.69 Å². The Labute approximate surface area is 130 Å². The fourth-order valence-electron chi connectivity index (χ4n) is 2.08. The zero-order valence-electron chi connectivity index (χ0n) is 11.4. The van der Waals surface area contributed by atoms with E-state index in [4.69, 9.17) is 4.74 Å². The maximum atomic E-state index is 12.0. The molecule has 114 valence electrons. The predicted octanol–water partition coefficient (Wildman–Crippen LogP) is 2.02. The average molecular weight is 358 g/mol. The third kappa shape index (κ3) is 4.40. The molecule has 2 rings (SSSR count). The van der Waals surface area contributed by atoms with Crippen LogP contribution >= 0.6 is 15.9 Å². The first-order valence-corrected chi connectivity index (χ1v) is 7.40. The standard InChI is InChI=1S/C13H16BrN3O4/c14-10-1-2-11(12(9-10)17(19)20)15-4-3-13(18)16-5-7-21-8-6-16/h1-2,9,15H,3-8H2. The summed E-state index contributed by atoms with van der Waals surface area (Å²) in [7, 11) is 0. The molecule has 1 amide bonds. The highest BCUT2D eigenvalue weighted by Gasteiger charge is 2.17. The Kier molecular flexibility index (Phi) is 5.51. The zero-order valence-corrected chi connectivity index (χ0v) is 13.0. The Morgan fingerprint density at radius 1 is 1.43 bits per heavy atom. The molecule has 1 heterocycles. The Bertz CT molecular complexity index is 532. The molecule has 1 saturated heterocycles. The monoisotopic (exact) mass is 357 g/mol. The molecule has 0 aliphatic carbocycles. The summed E-state index contributed by atoms with van der Waals surface area (Å²) in [6.45, 7) is 2.71. The van der Waals surface area contributed by atoms with Crippen LogP contribution in [0, 0.1) is 10.1 Å². The van der Waals surface area contributed by atoms with Crippen molar-refractivity contribution in [2.24, 2.45) is 0 Å². The van der Waals surface area contributed by atoms with Crippen LogP contribution in [-0.2, 0) is 9.53 Å². The van der Waals surface area contributed by atoms with Gasteiger partial charge in [0, 0.05) is 36.6 Å². The van der Waals surface area contributed by atoms with Gasteiger partial charge in [-0.15, -0.1) is 0 Å². The summed E-state index contributed by atoms with van der Waals surface area (Å²) in [5.74, 6) is 0.0329. The molecule has 1 aliphatic heterocycles. The number of ether oxygens (including phenoxy) is 1. The summed E-state index contributed by atoms with van der Waals surface area (Å²) in [5, 5.41) is 13.9. The molecule has 0 radical (unpaired) electrons. The molecule has 0 atom stereocenters. The molecule has 21 heavy (non-hydrogen) atoms. The molecule has 0 unspecified atom stereocenters. The van der Waals surface area contributed by atoms with Crippen molar-refractivity contribution in [3.05, 3.63) is 32.8 Å². The first-order valence-electron chi connectivity index (χ1n) is 6.61. The fourth-order valence-corrected chi connectivity index (χ4v) is 2.43. The molecular weight excluding hydrogens is 342 g/mol. The van der Waals surface area contributed by atoms with Crippen LogP contribution in [0.25, 0.3) is 0 Å². The van der Waals surface area contributed by atoms with E-state index in [9.17, 15) is 14.9 Å². The van der Waals surface area contributed by atoms with Gasteiger partial charge in [-0.3, -0.25) is 14.9 Å². The van der Waals surface area contributed by atoms with Crippen molar-refractivity contribution < 1.29 is 14.5 Å². The number of amides is 1. The van der Waals surface area contributed by atoms with E-state index in [2.05, 4.69) is 21.2 Å². The van der Waals surface area contributed by atoms with E-state index in [-0.39, 0.29) is 11.6 Å². The third-order valence-electron chi connectivity index (χ3n) is 3.17. The van der Waals surface area contributed by atoms with Gasteiger partial charge in [0.05, 0.1) is 18.1 Å². The first kappa shape index (κ1) is 15.7. The molecule has 1 fully saturated rings. The minimum absolute atomic E-state index is 0.0109. The number of nitrogens with one attached hydrogen (secondary N) is 1. The van der Waals surface area contributed by atoms with Gasteiger partial charge in [-0.05, 0) is 12.1 Å². The van der Waals surface area contributed by atoms with Crippen molar-refractivity contribution in [2.45, 2.75) is 6.42 Å². The summed E-state index contributed by atoms with van der Waals surface area (Å²) in [6, 6.07) is 4.78. The van der Waals surface area contributed by atoms with E-state index in [1.165, 1.54) is 6.07 Å². The Morgan fingerprint density at radius 2 is 2.14 bits per heavy atom. The topological polar surface area (TPSA) is 84.7 Å². The minimum Gasteiger partial charge on any atom is -0.379 e. The predicted molar refractivity (Wildman–Crippen MR) is 81.3 cm³/mol. The van der Waals surface area contributed by atoms with E-state index in [1.54, 1.807) is 17.0 Å². The van der Waals surface area contributed by atoms with Crippen LogP contribution < -0.4 is 5.32 Å². The van der Waals surface area contributed by atoms with Gasteiger partial charge in [-0.1, -0.05) is 15.9 Å². The third-order valence-corrected chi connectivity index (χ3v) is 3.67. The second-order valence-electron chi connectivity index (χ2n) is 4.59. The van der Waals surface area contributed by atoms with Gasteiger partial charge in [-0.2, -0.15) is 0 Å². The lowest BCUT2D eigenvalue weighted by Gasteiger charge is -2.26. The Hall–Kier alpha value is -1.67. The van der Waals surface area contributed by atoms with Crippen LogP contribution in [0.2, 0.25) is 0 Å². The number of benzene rings is 1. The molecule has 0 saturated carbocycles. The molecule has 0 bridgehead atoms. The second-order valence-corrected chi connectivity index (χ2v) is 5.50. The van der Waals surface area contributed by atoms with E-state index in [0.717, 1.165) is 0 Å². The van der Waals surface area contributed by atoms with Crippen LogP contribution in [0.3, 0.4) is 0 Å². The van der Waals surface area contributed by atoms with Gasteiger partial charge in [0.25, 0.3) is 5.69 Å². The molecule has 1 aliphatic rings. The summed E-state index contributed by atoms with van der Waals surface area (Å²) in [4.78, 5) is 24.2. The van der Waals surface area contributed by atoms with E-state index < -0.39 is 4.92 Å². The largest absolute Gasteiger partial charge is 0.379 e.